The third-order valence-electron chi connectivity index (χ3n) is 1.91. The Labute approximate surface area is 91.7 Å². The molecule has 0 bridgehead atoms. The molecule has 0 aliphatic rings. The van der Waals surface area contributed by atoms with Crippen LogP contribution in [0.15, 0.2) is 18.2 Å². The number of rotatable bonds is 3. The molecule has 0 aliphatic carbocycles. The molecule has 0 atom stereocenters. The van der Waals surface area contributed by atoms with Crippen molar-refractivity contribution in [3.63, 3.8) is 0 Å². The minimum atomic E-state index is -4.61. The first-order chi connectivity index (χ1) is 7.36. The first-order valence-corrected chi connectivity index (χ1v) is 5.01. The largest absolute Gasteiger partial charge is 0.424 e. The molecule has 1 aromatic carbocycles. The molecule has 16 heavy (non-hydrogen) atoms. The normalized spacial score (nSPS) is 11.7. The van der Waals surface area contributed by atoms with Gasteiger partial charge < -0.3 is 4.43 Å². The van der Waals surface area contributed by atoms with Gasteiger partial charge in [-0.1, -0.05) is 0 Å². The summed E-state index contributed by atoms with van der Waals surface area (Å²) in [6, 6.07) is 2.62. The third-order valence-corrected chi connectivity index (χ3v) is 2.20. The lowest BCUT2D eigenvalue weighted by molar-refractivity contribution is -0.385. The molecule has 4 nitrogen and oxygen atoms in total. The SMILES string of the molecule is O=[N+]([O-])c1ccc(CO[SiH3])c(C(F)(F)F)c1. The fraction of sp³-hybridized carbons (Fsp3) is 0.250. The minimum absolute atomic E-state index is 0.0897. The lowest BCUT2D eigenvalue weighted by Gasteiger charge is -2.11. The summed E-state index contributed by atoms with van der Waals surface area (Å²) in [5.74, 6) is 0. The van der Waals surface area contributed by atoms with Crippen molar-refractivity contribution in [3.05, 3.63) is 39.4 Å². The highest BCUT2D eigenvalue weighted by Crippen LogP contribution is 2.34. The van der Waals surface area contributed by atoms with Gasteiger partial charge in [-0.2, -0.15) is 13.2 Å². The van der Waals surface area contributed by atoms with Crippen molar-refractivity contribution in [2.45, 2.75) is 12.8 Å². The van der Waals surface area contributed by atoms with Gasteiger partial charge in [-0.15, -0.1) is 0 Å². The van der Waals surface area contributed by atoms with Crippen LogP contribution in [-0.4, -0.2) is 15.4 Å². The molecule has 0 unspecified atom stereocenters. The standard InChI is InChI=1S/C8H8F3NO3Si/c9-8(10,11)7-3-6(12(13)14)2-1-5(7)4-15-16/h1-3H,4H2,16H3. The average molecular weight is 251 g/mol. The Bertz CT molecular complexity index is 408. The lowest BCUT2D eigenvalue weighted by atomic mass is 10.1. The molecule has 8 heteroatoms. The Morgan fingerprint density at radius 3 is 2.50 bits per heavy atom. The second-order valence-electron chi connectivity index (χ2n) is 3.03. The Kier molecular flexibility index (Phi) is 3.65. The topological polar surface area (TPSA) is 52.4 Å². The van der Waals surface area contributed by atoms with Crippen LogP contribution in [0.5, 0.6) is 0 Å². The highest BCUT2D eigenvalue weighted by atomic mass is 28.2. The zero-order valence-electron chi connectivity index (χ0n) is 8.25. The van der Waals surface area contributed by atoms with Gasteiger partial charge in [0.1, 0.15) is 10.5 Å². The fourth-order valence-electron chi connectivity index (χ4n) is 1.22. The number of non-ortho nitro benzene ring substituents is 1. The third kappa shape index (κ3) is 2.80. The summed E-state index contributed by atoms with van der Waals surface area (Å²) in [5, 5.41) is 10.4. The molecule has 0 N–H and O–H groups in total. The first kappa shape index (κ1) is 12.7. The maximum absolute atomic E-state index is 12.5. The predicted octanol–water partition coefficient (Wildman–Crippen LogP) is 1.41. The molecule has 0 spiro atoms. The summed E-state index contributed by atoms with van der Waals surface area (Å²) in [7, 11) is 0.302. The Morgan fingerprint density at radius 1 is 1.44 bits per heavy atom. The first-order valence-electron chi connectivity index (χ1n) is 4.19. The van der Waals surface area contributed by atoms with Crippen LogP contribution < -0.4 is 0 Å². The molecule has 88 valence electrons. The molecular formula is C8H8F3NO3Si. The zero-order valence-corrected chi connectivity index (χ0v) is 10.2. The zero-order chi connectivity index (χ0) is 12.3. The minimum Gasteiger partial charge on any atom is -0.424 e. The van der Waals surface area contributed by atoms with E-state index in [1.807, 2.05) is 0 Å². The second kappa shape index (κ2) is 4.62. The molecule has 0 fully saturated rings. The van der Waals surface area contributed by atoms with E-state index in [0.717, 1.165) is 12.1 Å². The maximum atomic E-state index is 12.5. The average Bonchev–Trinajstić information content (AvgIpc) is 2.16. The number of hydrogen-bond acceptors (Lipinski definition) is 3. The van der Waals surface area contributed by atoms with E-state index >= 15 is 0 Å². The van der Waals surface area contributed by atoms with Crippen LogP contribution in [0.3, 0.4) is 0 Å². The van der Waals surface area contributed by atoms with E-state index in [4.69, 9.17) is 4.43 Å². The van der Waals surface area contributed by atoms with Crippen LogP contribution in [0.2, 0.25) is 0 Å². The van der Waals surface area contributed by atoms with Crippen LogP contribution in [0, 0.1) is 10.1 Å². The van der Waals surface area contributed by atoms with E-state index in [1.54, 1.807) is 0 Å². The van der Waals surface area contributed by atoms with Crippen LogP contribution in [0.25, 0.3) is 0 Å². The van der Waals surface area contributed by atoms with Gasteiger partial charge in [0, 0.05) is 12.1 Å². The molecule has 0 heterocycles. The number of nitro benzene ring substituents is 1. The molecule has 0 saturated heterocycles. The van der Waals surface area contributed by atoms with Gasteiger partial charge in [-0.05, 0) is 11.6 Å². The monoisotopic (exact) mass is 251 g/mol. The van der Waals surface area contributed by atoms with Crippen molar-refractivity contribution in [1.29, 1.82) is 0 Å². The summed E-state index contributed by atoms with van der Waals surface area (Å²) in [6.07, 6.45) is -4.61. The summed E-state index contributed by atoms with van der Waals surface area (Å²) in [6.45, 7) is -0.181. The molecule has 0 amide bonds. The highest BCUT2D eigenvalue weighted by molar-refractivity contribution is 5.97. The van der Waals surface area contributed by atoms with E-state index in [2.05, 4.69) is 0 Å². The molecule has 0 saturated carbocycles. The van der Waals surface area contributed by atoms with Gasteiger partial charge in [0.05, 0.1) is 17.1 Å². The number of hydrogen-bond donors (Lipinski definition) is 0. The van der Waals surface area contributed by atoms with Crippen molar-refractivity contribution in [2.24, 2.45) is 0 Å². The number of benzene rings is 1. The molecular weight excluding hydrogens is 243 g/mol. The van der Waals surface area contributed by atoms with Crippen LogP contribution in [-0.2, 0) is 17.2 Å². The van der Waals surface area contributed by atoms with Gasteiger partial charge in [-0.25, -0.2) is 0 Å². The highest BCUT2D eigenvalue weighted by Gasteiger charge is 2.34. The van der Waals surface area contributed by atoms with E-state index < -0.39 is 22.4 Å². The number of halogens is 3. The molecule has 0 radical (unpaired) electrons. The summed E-state index contributed by atoms with van der Waals surface area (Å²) >= 11 is 0. The van der Waals surface area contributed by atoms with Crippen LogP contribution in [0.4, 0.5) is 18.9 Å². The van der Waals surface area contributed by atoms with Crippen molar-refractivity contribution >= 4 is 16.2 Å². The number of alkyl halides is 3. The van der Waals surface area contributed by atoms with Crippen molar-refractivity contribution in [2.75, 3.05) is 0 Å². The Hall–Kier alpha value is -1.41. The fourth-order valence-corrected chi connectivity index (χ4v) is 1.53. The maximum Gasteiger partial charge on any atom is 0.417 e. The summed E-state index contributed by atoms with van der Waals surface area (Å²) < 4.78 is 42.4. The van der Waals surface area contributed by atoms with Crippen molar-refractivity contribution in [1.82, 2.24) is 0 Å². The summed E-state index contributed by atoms with van der Waals surface area (Å²) in [5.41, 5.74) is -1.69. The van der Waals surface area contributed by atoms with E-state index in [-0.39, 0.29) is 12.2 Å². The predicted molar refractivity (Wildman–Crippen MR) is 52.8 cm³/mol. The van der Waals surface area contributed by atoms with Gasteiger partial charge in [-0.3, -0.25) is 10.1 Å². The quantitative estimate of drug-likeness (QED) is 0.463. The lowest BCUT2D eigenvalue weighted by Crippen LogP contribution is -2.10. The van der Waals surface area contributed by atoms with E-state index in [1.165, 1.54) is 0 Å². The van der Waals surface area contributed by atoms with E-state index in [0.29, 0.717) is 16.6 Å². The van der Waals surface area contributed by atoms with Gasteiger partial charge in [0.2, 0.25) is 0 Å². The number of nitro groups is 1. The Morgan fingerprint density at radius 2 is 2.06 bits per heavy atom. The van der Waals surface area contributed by atoms with Crippen LogP contribution >= 0.6 is 0 Å². The van der Waals surface area contributed by atoms with Crippen LogP contribution in [0.1, 0.15) is 11.1 Å². The molecule has 0 aromatic heterocycles. The van der Waals surface area contributed by atoms with E-state index in [9.17, 15) is 23.3 Å². The molecule has 1 aromatic rings. The van der Waals surface area contributed by atoms with Gasteiger partial charge in [0.25, 0.3) is 5.69 Å². The summed E-state index contributed by atoms with van der Waals surface area (Å²) in [4.78, 5) is 9.50. The van der Waals surface area contributed by atoms with Gasteiger partial charge in [0.15, 0.2) is 0 Å². The second-order valence-corrected chi connectivity index (χ2v) is 3.61. The van der Waals surface area contributed by atoms with Gasteiger partial charge >= 0.3 is 6.18 Å². The Balaban J connectivity index is 3.27. The molecule has 0 aliphatic heterocycles. The molecule has 1 rings (SSSR count). The van der Waals surface area contributed by atoms with Crippen molar-refractivity contribution in [3.8, 4) is 0 Å². The smallest absolute Gasteiger partial charge is 0.417 e. The van der Waals surface area contributed by atoms with Crippen molar-refractivity contribution < 1.29 is 22.5 Å². The number of nitrogens with zero attached hydrogens (tertiary/aromatic N) is 1.